The molecule has 1 aliphatic rings. The number of ether oxygens (including phenoxy) is 2. The molecule has 1 fully saturated rings. The van der Waals surface area contributed by atoms with E-state index in [-0.39, 0.29) is 0 Å². The van der Waals surface area contributed by atoms with E-state index in [2.05, 4.69) is 0 Å². The number of carbonyl (C=O) groups excluding carboxylic acids is 1. The second-order valence-electron chi connectivity index (χ2n) is 5.19. The Morgan fingerprint density at radius 1 is 0.500 bits per heavy atom. The van der Waals surface area contributed by atoms with Gasteiger partial charge in [0.05, 0.1) is 13.2 Å². The Morgan fingerprint density at radius 2 is 0.778 bits per heavy atom. The van der Waals surface area contributed by atoms with Crippen molar-refractivity contribution < 1.29 is 14.3 Å². The van der Waals surface area contributed by atoms with Crippen LogP contribution in [0.15, 0.2) is 0 Å². The topological polar surface area (TPSA) is 35.5 Å². The molecule has 18 heavy (non-hydrogen) atoms. The van der Waals surface area contributed by atoms with E-state index in [1.54, 1.807) is 0 Å². The van der Waals surface area contributed by atoms with Crippen molar-refractivity contribution in [3.05, 3.63) is 0 Å². The first-order chi connectivity index (χ1) is 8.89. The van der Waals surface area contributed by atoms with Gasteiger partial charge in [0.25, 0.3) is 0 Å². The van der Waals surface area contributed by atoms with E-state index >= 15 is 0 Å². The highest BCUT2D eigenvalue weighted by molar-refractivity contribution is 5.59. The van der Waals surface area contributed by atoms with Crippen LogP contribution in [0.1, 0.15) is 77.0 Å². The summed E-state index contributed by atoms with van der Waals surface area (Å²) in [6.45, 7) is 1.03. The highest BCUT2D eigenvalue weighted by Gasteiger charge is 2.03. The van der Waals surface area contributed by atoms with Crippen LogP contribution < -0.4 is 0 Å². The summed E-state index contributed by atoms with van der Waals surface area (Å²) in [7, 11) is 0. The largest absolute Gasteiger partial charge is 0.508 e. The van der Waals surface area contributed by atoms with Gasteiger partial charge in [-0.1, -0.05) is 64.2 Å². The van der Waals surface area contributed by atoms with E-state index in [9.17, 15) is 4.79 Å². The van der Waals surface area contributed by atoms with Crippen LogP contribution in [0.5, 0.6) is 0 Å². The maximum absolute atomic E-state index is 11.2. The van der Waals surface area contributed by atoms with Crippen LogP contribution in [0.25, 0.3) is 0 Å². The normalized spacial score (nSPS) is 22.6. The number of hydrogen-bond acceptors (Lipinski definition) is 3. The summed E-state index contributed by atoms with van der Waals surface area (Å²) in [5, 5.41) is 0. The minimum absolute atomic E-state index is 0.487. The molecule has 0 spiro atoms. The zero-order valence-corrected chi connectivity index (χ0v) is 11.6. The van der Waals surface area contributed by atoms with Crippen molar-refractivity contribution in [1.82, 2.24) is 0 Å². The zero-order chi connectivity index (χ0) is 12.9. The molecular weight excluding hydrogens is 228 g/mol. The third-order valence-electron chi connectivity index (χ3n) is 3.48. The van der Waals surface area contributed by atoms with E-state index in [4.69, 9.17) is 9.47 Å². The summed E-state index contributed by atoms with van der Waals surface area (Å²) < 4.78 is 10.0. The highest BCUT2D eigenvalue weighted by atomic mass is 16.7. The van der Waals surface area contributed by atoms with Crippen LogP contribution in [-0.4, -0.2) is 19.4 Å². The Hall–Kier alpha value is -0.730. The van der Waals surface area contributed by atoms with E-state index in [0.717, 1.165) is 25.7 Å². The molecule has 0 bridgehead atoms. The van der Waals surface area contributed by atoms with Crippen LogP contribution >= 0.6 is 0 Å². The molecular formula is C15H28O3. The average molecular weight is 256 g/mol. The Morgan fingerprint density at radius 3 is 1.11 bits per heavy atom. The maximum Gasteiger partial charge on any atom is 0.508 e. The second-order valence-corrected chi connectivity index (χ2v) is 5.19. The van der Waals surface area contributed by atoms with Gasteiger partial charge < -0.3 is 9.47 Å². The van der Waals surface area contributed by atoms with Gasteiger partial charge in [-0.15, -0.1) is 0 Å². The van der Waals surface area contributed by atoms with Gasteiger partial charge in [0.2, 0.25) is 0 Å². The summed E-state index contributed by atoms with van der Waals surface area (Å²) in [5.41, 5.74) is 0. The fraction of sp³-hybridized carbons (Fsp3) is 0.933. The van der Waals surface area contributed by atoms with Gasteiger partial charge in [0, 0.05) is 0 Å². The average Bonchev–Trinajstić information content (AvgIpc) is 2.37. The molecule has 0 radical (unpaired) electrons. The summed E-state index contributed by atoms with van der Waals surface area (Å²) >= 11 is 0. The lowest BCUT2D eigenvalue weighted by Gasteiger charge is -2.05. The van der Waals surface area contributed by atoms with E-state index in [1.807, 2.05) is 0 Å². The minimum Gasteiger partial charge on any atom is -0.434 e. The van der Waals surface area contributed by atoms with Crippen LogP contribution in [-0.2, 0) is 9.47 Å². The Kier molecular flexibility index (Phi) is 9.68. The van der Waals surface area contributed by atoms with Crippen molar-refractivity contribution in [2.24, 2.45) is 0 Å². The molecule has 0 aliphatic carbocycles. The third kappa shape index (κ3) is 9.32. The molecule has 0 aromatic carbocycles. The Balaban J connectivity index is 2.11. The van der Waals surface area contributed by atoms with Crippen molar-refractivity contribution in [1.29, 1.82) is 0 Å². The predicted octanol–water partition coefficient (Wildman–Crippen LogP) is 4.83. The number of rotatable bonds is 0. The number of hydrogen-bond donors (Lipinski definition) is 0. The van der Waals surface area contributed by atoms with Gasteiger partial charge >= 0.3 is 6.16 Å². The number of cyclic esters (lactones) is 2. The molecule has 0 atom stereocenters. The van der Waals surface area contributed by atoms with Crippen molar-refractivity contribution in [2.75, 3.05) is 13.2 Å². The summed E-state index contributed by atoms with van der Waals surface area (Å²) in [6.07, 6.45) is 14.4. The quantitative estimate of drug-likeness (QED) is 0.582. The van der Waals surface area contributed by atoms with E-state index < -0.39 is 6.16 Å². The lowest BCUT2D eigenvalue weighted by Crippen LogP contribution is -2.09. The lowest BCUT2D eigenvalue weighted by atomic mass is 10.1. The fourth-order valence-corrected chi connectivity index (χ4v) is 2.32. The monoisotopic (exact) mass is 256 g/mol. The molecule has 1 saturated heterocycles. The molecule has 0 aromatic rings. The third-order valence-corrected chi connectivity index (χ3v) is 3.48. The molecule has 1 aliphatic heterocycles. The highest BCUT2D eigenvalue weighted by Crippen LogP contribution is 2.12. The second kappa shape index (κ2) is 11.4. The van der Waals surface area contributed by atoms with Crippen LogP contribution in [0.4, 0.5) is 4.79 Å². The fourth-order valence-electron chi connectivity index (χ4n) is 2.32. The van der Waals surface area contributed by atoms with Crippen LogP contribution in [0.3, 0.4) is 0 Å². The molecule has 0 saturated carbocycles. The first-order valence-electron chi connectivity index (χ1n) is 7.69. The summed E-state index contributed by atoms with van der Waals surface area (Å²) in [6, 6.07) is 0. The standard InChI is InChI=1S/C15H28O3/c16-15-17-13-11-9-7-5-3-1-2-4-6-8-10-12-14-18-15/h1-14H2. The van der Waals surface area contributed by atoms with Gasteiger partial charge in [-0.2, -0.15) is 0 Å². The van der Waals surface area contributed by atoms with Crippen molar-refractivity contribution in [3.63, 3.8) is 0 Å². The summed E-state index contributed by atoms with van der Waals surface area (Å²) in [5.74, 6) is 0. The van der Waals surface area contributed by atoms with Gasteiger partial charge in [0.15, 0.2) is 0 Å². The molecule has 3 nitrogen and oxygen atoms in total. The van der Waals surface area contributed by atoms with Gasteiger partial charge in [-0.25, -0.2) is 4.79 Å². The lowest BCUT2D eigenvalue weighted by molar-refractivity contribution is 0.0529. The van der Waals surface area contributed by atoms with Gasteiger partial charge in [-0.3, -0.25) is 0 Å². The molecule has 1 heterocycles. The first-order valence-corrected chi connectivity index (χ1v) is 7.69. The smallest absolute Gasteiger partial charge is 0.434 e. The van der Waals surface area contributed by atoms with Gasteiger partial charge in [0.1, 0.15) is 0 Å². The molecule has 3 heteroatoms. The van der Waals surface area contributed by atoms with Crippen molar-refractivity contribution >= 4 is 6.16 Å². The molecule has 106 valence electrons. The van der Waals surface area contributed by atoms with Crippen molar-refractivity contribution in [2.45, 2.75) is 77.0 Å². The van der Waals surface area contributed by atoms with Gasteiger partial charge in [-0.05, 0) is 12.8 Å². The van der Waals surface area contributed by atoms with Crippen LogP contribution in [0, 0.1) is 0 Å². The molecule has 0 N–H and O–H groups in total. The molecule has 0 aromatic heterocycles. The van der Waals surface area contributed by atoms with Crippen LogP contribution in [0.2, 0.25) is 0 Å². The summed E-state index contributed by atoms with van der Waals surface area (Å²) in [4.78, 5) is 11.2. The Bertz CT molecular complexity index is 184. The van der Waals surface area contributed by atoms with E-state index in [1.165, 1.54) is 51.4 Å². The molecule has 0 amide bonds. The SMILES string of the molecule is O=C1OCCCCCCCCCCCCCCO1. The zero-order valence-electron chi connectivity index (χ0n) is 11.6. The predicted molar refractivity (Wildman–Crippen MR) is 72.7 cm³/mol. The van der Waals surface area contributed by atoms with Crippen molar-refractivity contribution in [3.8, 4) is 0 Å². The maximum atomic E-state index is 11.2. The number of carbonyl (C=O) groups is 1. The first kappa shape index (κ1) is 15.3. The minimum atomic E-state index is -0.487. The molecule has 1 rings (SSSR count). The Labute approximate surface area is 111 Å². The van der Waals surface area contributed by atoms with E-state index in [0.29, 0.717) is 13.2 Å². The molecule has 0 unspecified atom stereocenters.